The van der Waals surface area contributed by atoms with E-state index in [1.807, 2.05) is 6.07 Å². The van der Waals surface area contributed by atoms with Crippen LogP contribution in [-0.4, -0.2) is 9.97 Å². The number of hydrogen-bond donors (Lipinski definition) is 1. The van der Waals surface area contributed by atoms with Crippen molar-refractivity contribution in [1.82, 2.24) is 9.97 Å². The Kier molecular flexibility index (Phi) is 3.96. The van der Waals surface area contributed by atoms with E-state index in [9.17, 15) is 4.79 Å². The van der Waals surface area contributed by atoms with Crippen molar-refractivity contribution in [3.8, 4) is 0 Å². The molecule has 0 aliphatic heterocycles. The minimum absolute atomic E-state index is 0.360. The van der Waals surface area contributed by atoms with Gasteiger partial charge in [-0.25, -0.2) is 4.79 Å². The van der Waals surface area contributed by atoms with Crippen molar-refractivity contribution in [3.63, 3.8) is 0 Å². The Labute approximate surface area is 100 Å². The van der Waals surface area contributed by atoms with Gasteiger partial charge in [-0.3, -0.25) is 0 Å². The Morgan fingerprint density at radius 2 is 2.12 bits per heavy atom. The van der Waals surface area contributed by atoms with Crippen LogP contribution < -0.4 is 5.69 Å². The van der Waals surface area contributed by atoms with Gasteiger partial charge in [0.15, 0.2) is 0 Å². The summed E-state index contributed by atoms with van der Waals surface area (Å²) in [4.78, 5) is 17.3. The van der Waals surface area contributed by atoms with Crippen LogP contribution in [0.2, 0.25) is 0 Å². The molecule has 0 atom stereocenters. The fourth-order valence-electron chi connectivity index (χ4n) is 1.93. The average molecular weight is 234 g/mol. The highest BCUT2D eigenvalue weighted by Crippen LogP contribution is 2.17. The Bertz CT molecular complexity index is 527. The summed E-state index contributed by atoms with van der Waals surface area (Å²) < 4.78 is 5.52. The molecule has 0 aromatic carbocycles. The Morgan fingerprint density at radius 3 is 2.94 bits per heavy atom. The quantitative estimate of drug-likeness (QED) is 0.781. The van der Waals surface area contributed by atoms with E-state index in [1.54, 1.807) is 6.20 Å². The highest BCUT2D eigenvalue weighted by molar-refractivity contribution is 5.72. The molecule has 0 bridgehead atoms. The first-order chi connectivity index (χ1) is 8.29. The molecular formula is C13H18N2O2. The molecule has 0 radical (unpaired) electrons. The van der Waals surface area contributed by atoms with Crippen molar-refractivity contribution in [1.29, 1.82) is 0 Å². The number of aryl methyl sites for hydroxylation is 1. The monoisotopic (exact) mass is 234 g/mol. The maximum absolute atomic E-state index is 11.0. The summed E-state index contributed by atoms with van der Waals surface area (Å²) in [5, 5.41) is 0.869. The van der Waals surface area contributed by atoms with Crippen molar-refractivity contribution in [3.05, 3.63) is 28.5 Å². The standard InChI is InChI=1S/C13H18N2O2/c1-2-3-4-5-6-7-11-8-10-9-14-13(16)15-12(10)17-11/h8-9H,2-7H2,1H3,(H,14,15,16). The van der Waals surface area contributed by atoms with E-state index in [2.05, 4.69) is 16.9 Å². The van der Waals surface area contributed by atoms with Gasteiger partial charge >= 0.3 is 5.69 Å². The molecule has 1 N–H and O–H groups in total. The van der Waals surface area contributed by atoms with Crippen molar-refractivity contribution in [2.75, 3.05) is 0 Å². The van der Waals surface area contributed by atoms with Crippen LogP contribution in [0.4, 0.5) is 0 Å². The first kappa shape index (κ1) is 11.9. The van der Waals surface area contributed by atoms with E-state index in [0.29, 0.717) is 5.71 Å². The lowest BCUT2D eigenvalue weighted by atomic mass is 10.1. The van der Waals surface area contributed by atoms with Crippen LogP contribution in [-0.2, 0) is 6.42 Å². The molecule has 0 saturated carbocycles. The molecule has 92 valence electrons. The van der Waals surface area contributed by atoms with E-state index in [-0.39, 0.29) is 5.69 Å². The lowest BCUT2D eigenvalue weighted by molar-refractivity contribution is 0.516. The van der Waals surface area contributed by atoms with Crippen LogP contribution in [0.1, 0.15) is 44.8 Å². The van der Waals surface area contributed by atoms with Crippen molar-refractivity contribution >= 4 is 11.1 Å². The van der Waals surface area contributed by atoms with Crippen molar-refractivity contribution in [2.24, 2.45) is 0 Å². The maximum Gasteiger partial charge on any atom is 0.348 e. The van der Waals surface area contributed by atoms with Gasteiger partial charge in [-0.15, -0.1) is 0 Å². The summed E-state index contributed by atoms with van der Waals surface area (Å²) >= 11 is 0. The molecule has 0 spiro atoms. The van der Waals surface area contributed by atoms with E-state index < -0.39 is 0 Å². The molecule has 0 amide bonds. The zero-order valence-corrected chi connectivity index (χ0v) is 10.2. The summed E-state index contributed by atoms with van der Waals surface area (Å²) in [6.45, 7) is 2.21. The van der Waals surface area contributed by atoms with Gasteiger partial charge in [0.2, 0.25) is 5.71 Å². The number of hydrogen-bond acceptors (Lipinski definition) is 3. The number of H-pyrrole nitrogens is 1. The Balaban J connectivity index is 1.93. The fraction of sp³-hybridized carbons (Fsp3) is 0.538. The summed E-state index contributed by atoms with van der Waals surface area (Å²) in [7, 11) is 0. The number of rotatable bonds is 6. The van der Waals surface area contributed by atoms with Crippen molar-refractivity contribution < 1.29 is 4.42 Å². The molecule has 0 fully saturated rings. The number of furan rings is 1. The van der Waals surface area contributed by atoms with Gasteiger partial charge in [0, 0.05) is 12.6 Å². The molecular weight excluding hydrogens is 216 g/mol. The molecule has 0 unspecified atom stereocenters. The molecule has 2 rings (SSSR count). The molecule has 4 nitrogen and oxygen atoms in total. The van der Waals surface area contributed by atoms with Crippen LogP contribution in [0.25, 0.3) is 11.1 Å². The SMILES string of the molecule is CCCCCCCc1cc2c[nH]c(=O)nc2o1. The molecule has 0 aliphatic carbocycles. The predicted molar refractivity (Wildman–Crippen MR) is 67.1 cm³/mol. The first-order valence-corrected chi connectivity index (χ1v) is 6.27. The number of aromatic nitrogens is 2. The van der Waals surface area contributed by atoms with Crippen LogP contribution in [0.15, 0.2) is 21.5 Å². The summed E-state index contributed by atoms with van der Waals surface area (Å²) in [6, 6.07) is 1.96. The van der Waals surface area contributed by atoms with Gasteiger partial charge in [-0.05, 0) is 12.5 Å². The number of aromatic amines is 1. The van der Waals surface area contributed by atoms with Crippen LogP contribution >= 0.6 is 0 Å². The summed E-state index contributed by atoms with van der Waals surface area (Å²) in [5.41, 5.74) is 0.0821. The third-order valence-electron chi connectivity index (χ3n) is 2.87. The van der Waals surface area contributed by atoms with E-state index in [1.165, 1.54) is 25.7 Å². The Morgan fingerprint density at radius 1 is 1.29 bits per heavy atom. The van der Waals surface area contributed by atoms with Gasteiger partial charge in [-0.1, -0.05) is 32.6 Å². The lowest BCUT2D eigenvalue weighted by Crippen LogP contribution is -2.07. The normalized spacial score (nSPS) is 11.1. The van der Waals surface area contributed by atoms with Gasteiger partial charge in [-0.2, -0.15) is 4.98 Å². The predicted octanol–water partition coefficient (Wildman–Crippen LogP) is 3.03. The zero-order valence-electron chi connectivity index (χ0n) is 10.2. The summed E-state index contributed by atoms with van der Waals surface area (Å²) in [6.07, 6.45) is 8.79. The molecule has 2 heterocycles. The van der Waals surface area contributed by atoms with Crippen LogP contribution in [0.5, 0.6) is 0 Å². The van der Waals surface area contributed by atoms with Gasteiger partial charge in [0.1, 0.15) is 5.76 Å². The second-order valence-corrected chi connectivity index (χ2v) is 4.34. The smallest absolute Gasteiger partial charge is 0.348 e. The molecule has 4 heteroatoms. The minimum atomic E-state index is -0.360. The zero-order chi connectivity index (χ0) is 12.1. The Hall–Kier alpha value is -1.58. The van der Waals surface area contributed by atoms with E-state index in [0.717, 1.165) is 24.0 Å². The topological polar surface area (TPSA) is 58.9 Å². The molecule has 0 aliphatic rings. The largest absolute Gasteiger partial charge is 0.443 e. The molecule has 17 heavy (non-hydrogen) atoms. The van der Waals surface area contributed by atoms with E-state index in [4.69, 9.17) is 4.42 Å². The highest BCUT2D eigenvalue weighted by atomic mass is 16.3. The summed E-state index contributed by atoms with van der Waals surface area (Å²) in [5.74, 6) is 0.919. The lowest BCUT2D eigenvalue weighted by Gasteiger charge is -1.97. The van der Waals surface area contributed by atoms with Crippen molar-refractivity contribution in [2.45, 2.75) is 45.4 Å². The molecule has 0 saturated heterocycles. The second kappa shape index (κ2) is 5.66. The molecule has 2 aromatic rings. The molecule has 2 aromatic heterocycles. The van der Waals surface area contributed by atoms with Crippen LogP contribution in [0, 0.1) is 0 Å². The van der Waals surface area contributed by atoms with Gasteiger partial charge in [0.05, 0.1) is 5.39 Å². The number of fused-ring (bicyclic) bond motifs is 1. The first-order valence-electron chi connectivity index (χ1n) is 6.27. The van der Waals surface area contributed by atoms with Gasteiger partial charge in [0.25, 0.3) is 0 Å². The van der Waals surface area contributed by atoms with Gasteiger partial charge < -0.3 is 9.40 Å². The maximum atomic E-state index is 11.0. The average Bonchev–Trinajstić information content (AvgIpc) is 2.70. The van der Waals surface area contributed by atoms with Crippen LogP contribution in [0.3, 0.4) is 0 Å². The minimum Gasteiger partial charge on any atom is -0.443 e. The number of nitrogens with one attached hydrogen (secondary N) is 1. The number of nitrogens with zero attached hydrogens (tertiary/aromatic N) is 1. The van der Waals surface area contributed by atoms with E-state index >= 15 is 0 Å². The second-order valence-electron chi connectivity index (χ2n) is 4.34. The number of unbranched alkanes of at least 4 members (excludes halogenated alkanes) is 4. The third-order valence-corrected chi connectivity index (χ3v) is 2.87. The highest BCUT2D eigenvalue weighted by Gasteiger charge is 2.04. The third kappa shape index (κ3) is 3.19. The fourth-order valence-corrected chi connectivity index (χ4v) is 1.93.